The molecular weight excluding hydrogens is 538 g/mol. The van der Waals surface area contributed by atoms with Crippen LogP contribution in [0.4, 0.5) is 0 Å². The van der Waals surface area contributed by atoms with Crippen molar-refractivity contribution in [2.75, 3.05) is 32.8 Å². The number of ether oxygens (including phenoxy) is 2. The first kappa shape index (κ1) is 39.1. The van der Waals surface area contributed by atoms with E-state index in [0.717, 1.165) is 83.7 Å². The van der Waals surface area contributed by atoms with Crippen LogP contribution in [0.25, 0.3) is 0 Å². The third-order valence-corrected chi connectivity index (χ3v) is 8.11. The Labute approximate surface area is 264 Å². The zero-order valence-electron chi connectivity index (χ0n) is 27.9. The minimum absolute atomic E-state index is 0.0600. The number of hydrogen-bond donors (Lipinski definition) is 1. The van der Waals surface area contributed by atoms with E-state index in [-0.39, 0.29) is 18.5 Å². The summed E-state index contributed by atoms with van der Waals surface area (Å²) < 4.78 is 10.9. The first-order chi connectivity index (χ1) is 21.1. The second-order valence-corrected chi connectivity index (χ2v) is 12.2. The molecule has 0 atom stereocenters. The molecule has 0 aliphatic rings. The number of unbranched alkanes of at least 4 members (excludes halogenated alkanes) is 15. The van der Waals surface area contributed by atoms with Gasteiger partial charge >= 0.3 is 11.9 Å². The van der Waals surface area contributed by atoms with Crippen molar-refractivity contribution < 1.29 is 24.2 Å². The summed E-state index contributed by atoms with van der Waals surface area (Å²) in [6, 6.07) is 7.94. The largest absolute Gasteiger partial charge is 0.466 e. The lowest BCUT2D eigenvalue weighted by Gasteiger charge is -2.21. The molecule has 6 heteroatoms. The van der Waals surface area contributed by atoms with E-state index in [9.17, 15) is 14.7 Å². The van der Waals surface area contributed by atoms with E-state index in [1.165, 1.54) is 63.4 Å². The van der Waals surface area contributed by atoms with Crippen molar-refractivity contribution in [1.29, 1.82) is 0 Å². The SMILES string of the molecule is CCCCCCCCCCOC(=O)CCCCCN(CCO)CCCCCCCC(=O)Oc1ccc(CCCCC)cc1. The Morgan fingerprint density at radius 3 is 1.74 bits per heavy atom. The standard InChI is InChI=1S/C37H65NO5/c1-3-5-7-8-9-10-14-21-33-42-36(40)23-18-15-20-30-38(31-32-39)29-19-13-11-12-17-24-37(41)43-35-27-25-34(26-28-35)22-16-6-4-2/h25-28,39H,3-24,29-33H2,1-2H3. The van der Waals surface area contributed by atoms with Gasteiger partial charge in [-0.3, -0.25) is 9.59 Å². The Hall–Kier alpha value is -1.92. The molecule has 1 aromatic rings. The van der Waals surface area contributed by atoms with E-state index in [2.05, 4.69) is 30.9 Å². The molecule has 0 aliphatic heterocycles. The summed E-state index contributed by atoms with van der Waals surface area (Å²) in [4.78, 5) is 26.5. The first-order valence-corrected chi connectivity index (χ1v) is 17.9. The van der Waals surface area contributed by atoms with Gasteiger partial charge in [-0.05, 0) is 75.7 Å². The van der Waals surface area contributed by atoms with Gasteiger partial charge in [0.05, 0.1) is 13.2 Å². The molecule has 0 fully saturated rings. The molecule has 0 bridgehead atoms. The molecule has 0 heterocycles. The Bertz CT molecular complexity index is 782. The van der Waals surface area contributed by atoms with Crippen LogP contribution in [-0.4, -0.2) is 54.8 Å². The zero-order chi connectivity index (χ0) is 31.2. The number of esters is 2. The van der Waals surface area contributed by atoms with Gasteiger partial charge in [-0.1, -0.05) is 109 Å². The molecule has 1 rings (SSSR count). The van der Waals surface area contributed by atoms with Gasteiger partial charge in [-0.25, -0.2) is 0 Å². The number of hydrogen-bond acceptors (Lipinski definition) is 6. The van der Waals surface area contributed by atoms with Crippen LogP contribution in [0.2, 0.25) is 0 Å². The van der Waals surface area contributed by atoms with Crippen molar-refractivity contribution >= 4 is 11.9 Å². The summed E-state index contributed by atoms with van der Waals surface area (Å²) in [5.74, 6) is 0.432. The molecular formula is C37H65NO5. The Morgan fingerprint density at radius 2 is 1.12 bits per heavy atom. The third-order valence-electron chi connectivity index (χ3n) is 8.11. The molecule has 0 saturated heterocycles. The van der Waals surface area contributed by atoms with Crippen LogP contribution in [-0.2, 0) is 20.7 Å². The van der Waals surface area contributed by atoms with E-state index in [1.54, 1.807) is 0 Å². The van der Waals surface area contributed by atoms with Crippen LogP contribution < -0.4 is 4.74 Å². The van der Waals surface area contributed by atoms with E-state index in [1.807, 2.05) is 12.1 Å². The molecule has 0 radical (unpaired) electrons. The highest BCUT2D eigenvalue weighted by atomic mass is 16.5. The fourth-order valence-electron chi connectivity index (χ4n) is 5.37. The number of benzene rings is 1. The predicted molar refractivity (Wildman–Crippen MR) is 179 cm³/mol. The van der Waals surface area contributed by atoms with Crippen LogP contribution in [0, 0.1) is 0 Å². The Kier molecular flexibility index (Phi) is 26.2. The molecule has 0 unspecified atom stereocenters. The highest BCUT2D eigenvalue weighted by Crippen LogP contribution is 2.16. The van der Waals surface area contributed by atoms with Gasteiger partial charge in [0.15, 0.2) is 0 Å². The van der Waals surface area contributed by atoms with Gasteiger partial charge in [0.2, 0.25) is 0 Å². The molecule has 0 saturated carbocycles. The van der Waals surface area contributed by atoms with Gasteiger partial charge < -0.3 is 19.5 Å². The minimum atomic E-state index is -0.149. The highest BCUT2D eigenvalue weighted by molar-refractivity contribution is 5.72. The van der Waals surface area contributed by atoms with Crippen LogP contribution in [0.5, 0.6) is 5.75 Å². The Balaban J connectivity index is 1.99. The van der Waals surface area contributed by atoms with Crippen LogP contribution in [0.1, 0.15) is 154 Å². The summed E-state index contributed by atoms with van der Waals surface area (Å²) in [6.07, 6.45) is 23.8. The highest BCUT2D eigenvalue weighted by Gasteiger charge is 2.08. The van der Waals surface area contributed by atoms with E-state index in [0.29, 0.717) is 31.7 Å². The van der Waals surface area contributed by atoms with Crippen molar-refractivity contribution in [1.82, 2.24) is 4.90 Å². The second-order valence-electron chi connectivity index (χ2n) is 12.2. The fourth-order valence-corrected chi connectivity index (χ4v) is 5.37. The van der Waals surface area contributed by atoms with Gasteiger partial charge in [0.1, 0.15) is 5.75 Å². The molecule has 6 nitrogen and oxygen atoms in total. The number of nitrogens with zero attached hydrogens (tertiary/aromatic N) is 1. The summed E-state index contributed by atoms with van der Waals surface area (Å²) in [5, 5.41) is 9.44. The third kappa shape index (κ3) is 24.1. The molecule has 0 aliphatic carbocycles. The average molecular weight is 604 g/mol. The molecule has 0 spiro atoms. The fraction of sp³-hybridized carbons (Fsp3) is 0.784. The Morgan fingerprint density at radius 1 is 0.605 bits per heavy atom. The summed E-state index contributed by atoms with van der Waals surface area (Å²) in [6.45, 7) is 7.83. The number of carbonyl (C=O) groups excluding carboxylic acids is 2. The monoisotopic (exact) mass is 603 g/mol. The van der Waals surface area contributed by atoms with Crippen molar-refractivity contribution in [3.8, 4) is 5.75 Å². The first-order valence-electron chi connectivity index (χ1n) is 17.9. The van der Waals surface area contributed by atoms with E-state index >= 15 is 0 Å². The number of aliphatic hydroxyl groups excluding tert-OH is 1. The molecule has 1 aromatic carbocycles. The van der Waals surface area contributed by atoms with Gasteiger partial charge in [-0.15, -0.1) is 0 Å². The maximum absolute atomic E-state index is 12.2. The summed E-state index contributed by atoms with van der Waals surface area (Å²) in [7, 11) is 0. The maximum atomic E-state index is 12.2. The number of aliphatic hydroxyl groups is 1. The second kappa shape index (κ2) is 28.8. The molecule has 0 amide bonds. The summed E-state index contributed by atoms with van der Waals surface area (Å²) in [5.41, 5.74) is 1.30. The lowest BCUT2D eigenvalue weighted by atomic mass is 10.1. The van der Waals surface area contributed by atoms with Gasteiger partial charge in [-0.2, -0.15) is 0 Å². The number of rotatable bonds is 30. The van der Waals surface area contributed by atoms with E-state index < -0.39 is 0 Å². The smallest absolute Gasteiger partial charge is 0.311 e. The minimum Gasteiger partial charge on any atom is -0.466 e. The lowest BCUT2D eigenvalue weighted by Crippen LogP contribution is -2.29. The lowest BCUT2D eigenvalue weighted by molar-refractivity contribution is -0.144. The normalized spacial score (nSPS) is 11.3. The number of carbonyl (C=O) groups is 2. The quantitative estimate of drug-likeness (QED) is 0.0537. The van der Waals surface area contributed by atoms with Crippen molar-refractivity contribution in [2.24, 2.45) is 0 Å². The van der Waals surface area contributed by atoms with Gasteiger partial charge in [0, 0.05) is 19.4 Å². The average Bonchev–Trinajstić information content (AvgIpc) is 3.00. The topological polar surface area (TPSA) is 76.1 Å². The van der Waals surface area contributed by atoms with Crippen molar-refractivity contribution in [3.05, 3.63) is 29.8 Å². The van der Waals surface area contributed by atoms with Crippen molar-refractivity contribution in [3.63, 3.8) is 0 Å². The maximum Gasteiger partial charge on any atom is 0.311 e. The molecule has 1 N–H and O–H groups in total. The van der Waals surface area contributed by atoms with E-state index in [4.69, 9.17) is 9.47 Å². The number of aryl methyl sites for hydroxylation is 1. The van der Waals surface area contributed by atoms with Crippen molar-refractivity contribution in [2.45, 2.75) is 155 Å². The van der Waals surface area contributed by atoms with Crippen LogP contribution in [0.3, 0.4) is 0 Å². The summed E-state index contributed by atoms with van der Waals surface area (Å²) >= 11 is 0. The van der Waals surface area contributed by atoms with Gasteiger partial charge in [0.25, 0.3) is 0 Å². The molecule has 248 valence electrons. The van der Waals surface area contributed by atoms with Crippen LogP contribution in [0.15, 0.2) is 24.3 Å². The molecule has 43 heavy (non-hydrogen) atoms. The van der Waals surface area contributed by atoms with Crippen LogP contribution >= 0.6 is 0 Å². The zero-order valence-corrected chi connectivity index (χ0v) is 27.9. The molecule has 0 aromatic heterocycles. The predicted octanol–water partition coefficient (Wildman–Crippen LogP) is 9.20.